The predicted molar refractivity (Wildman–Crippen MR) is 61.2 cm³/mol. The van der Waals surface area contributed by atoms with E-state index in [9.17, 15) is 4.79 Å². The molecule has 0 bridgehead atoms. The molecule has 0 fully saturated rings. The van der Waals surface area contributed by atoms with E-state index in [2.05, 4.69) is 13.0 Å². The van der Waals surface area contributed by atoms with Gasteiger partial charge in [0.15, 0.2) is 5.78 Å². The Morgan fingerprint density at radius 3 is 2.80 bits per heavy atom. The third-order valence-electron chi connectivity index (χ3n) is 3.19. The normalized spacial score (nSPS) is 14.0. The van der Waals surface area contributed by atoms with Crippen LogP contribution in [0.2, 0.25) is 0 Å². The van der Waals surface area contributed by atoms with Crippen LogP contribution in [0.15, 0.2) is 12.1 Å². The fourth-order valence-corrected chi connectivity index (χ4v) is 2.41. The van der Waals surface area contributed by atoms with Crippen molar-refractivity contribution in [1.82, 2.24) is 0 Å². The first-order valence-electron chi connectivity index (χ1n) is 5.58. The molecule has 0 heterocycles. The summed E-state index contributed by atoms with van der Waals surface area (Å²) in [7, 11) is 0. The second-order valence-corrected chi connectivity index (χ2v) is 4.20. The number of carbonyl (C=O) groups excluding carboxylic acids is 1. The van der Waals surface area contributed by atoms with E-state index in [1.807, 2.05) is 6.07 Å². The lowest BCUT2D eigenvalue weighted by Crippen LogP contribution is -2.10. The Morgan fingerprint density at radius 2 is 2.07 bits per heavy atom. The fourth-order valence-electron chi connectivity index (χ4n) is 2.41. The molecule has 2 rings (SSSR count). The molecule has 1 aromatic rings. The van der Waals surface area contributed by atoms with Gasteiger partial charge in [0.1, 0.15) is 0 Å². The number of nitrogens with two attached hydrogens (primary N) is 1. The molecule has 2 nitrogen and oxygen atoms in total. The van der Waals surface area contributed by atoms with E-state index >= 15 is 0 Å². The van der Waals surface area contributed by atoms with Gasteiger partial charge in [-0.15, -0.1) is 0 Å². The van der Waals surface area contributed by atoms with E-state index in [0.717, 1.165) is 18.4 Å². The van der Waals surface area contributed by atoms with Crippen molar-refractivity contribution in [3.8, 4) is 0 Å². The van der Waals surface area contributed by atoms with Gasteiger partial charge in [-0.05, 0) is 49.4 Å². The van der Waals surface area contributed by atoms with Gasteiger partial charge in [-0.1, -0.05) is 12.1 Å². The number of hydrogen-bond donors (Lipinski definition) is 1. The predicted octanol–water partition coefficient (Wildman–Crippen LogP) is 2.02. The molecule has 0 saturated carbocycles. The zero-order chi connectivity index (χ0) is 10.8. The maximum Gasteiger partial charge on any atom is 0.164 e. The van der Waals surface area contributed by atoms with E-state index in [0.29, 0.717) is 13.0 Å². The van der Waals surface area contributed by atoms with Gasteiger partial charge in [-0.25, -0.2) is 0 Å². The molecule has 0 radical (unpaired) electrons. The van der Waals surface area contributed by atoms with Crippen molar-refractivity contribution in [2.45, 2.75) is 32.6 Å². The number of ketones is 1. The Kier molecular flexibility index (Phi) is 2.87. The van der Waals surface area contributed by atoms with Crippen LogP contribution in [-0.4, -0.2) is 12.3 Å². The topological polar surface area (TPSA) is 43.1 Å². The summed E-state index contributed by atoms with van der Waals surface area (Å²) in [6.45, 7) is 2.57. The zero-order valence-corrected chi connectivity index (χ0v) is 9.18. The van der Waals surface area contributed by atoms with Crippen molar-refractivity contribution < 1.29 is 4.79 Å². The van der Waals surface area contributed by atoms with Crippen LogP contribution in [-0.2, 0) is 12.8 Å². The Hall–Kier alpha value is -1.15. The van der Waals surface area contributed by atoms with E-state index in [-0.39, 0.29) is 5.78 Å². The van der Waals surface area contributed by atoms with Crippen LogP contribution in [0.4, 0.5) is 0 Å². The molecule has 0 aromatic heterocycles. The number of carbonyl (C=O) groups is 1. The number of hydrogen-bond acceptors (Lipinski definition) is 2. The summed E-state index contributed by atoms with van der Waals surface area (Å²) in [5.41, 5.74) is 10.3. The van der Waals surface area contributed by atoms with E-state index in [1.54, 1.807) is 0 Å². The van der Waals surface area contributed by atoms with Crippen molar-refractivity contribution in [1.29, 1.82) is 0 Å². The van der Waals surface area contributed by atoms with Crippen LogP contribution in [0.25, 0.3) is 0 Å². The van der Waals surface area contributed by atoms with Crippen LogP contribution in [0.5, 0.6) is 0 Å². The highest BCUT2D eigenvalue weighted by Gasteiger charge is 2.19. The third-order valence-corrected chi connectivity index (χ3v) is 3.19. The van der Waals surface area contributed by atoms with Gasteiger partial charge in [0.25, 0.3) is 0 Å². The lowest BCUT2D eigenvalue weighted by atomic mass is 9.95. The van der Waals surface area contributed by atoms with Gasteiger partial charge >= 0.3 is 0 Å². The van der Waals surface area contributed by atoms with Gasteiger partial charge in [0.05, 0.1) is 0 Å². The summed E-state index contributed by atoms with van der Waals surface area (Å²) < 4.78 is 0. The van der Waals surface area contributed by atoms with E-state index in [4.69, 9.17) is 5.73 Å². The van der Waals surface area contributed by atoms with Gasteiger partial charge in [0.2, 0.25) is 0 Å². The van der Waals surface area contributed by atoms with E-state index in [1.165, 1.54) is 23.1 Å². The molecule has 80 valence electrons. The molecule has 1 aromatic carbocycles. The first kappa shape index (κ1) is 10.4. The second-order valence-electron chi connectivity index (χ2n) is 4.20. The summed E-state index contributed by atoms with van der Waals surface area (Å²) in [6, 6.07) is 4.03. The van der Waals surface area contributed by atoms with Crippen LogP contribution >= 0.6 is 0 Å². The minimum absolute atomic E-state index is 0.204. The molecule has 0 amide bonds. The number of benzene rings is 1. The molecule has 1 aliphatic rings. The molecule has 2 N–H and O–H groups in total. The maximum atomic E-state index is 11.8. The monoisotopic (exact) mass is 203 g/mol. The summed E-state index contributed by atoms with van der Waals surface area (Å²) in [5, 5.41) is 0. The lowest BCUT2D eigenvalue weighted by Gasteiger charge is -2.09. The van der Waals surface area contributed by atoms with Gasteiger partial charge < -0.3 is 5.73 Å². The molecular weight excluding hydrogens is 186 g/mol. The van der Waals surface area contributed by atoms with Crippen molar-refractivity contribution in [3.63, 3.8) is 0 Å². The second kappa shape index (κ2) is 4.15. The largest absolute Gasteiger partial charge is 0.330 e. The zero-order valence-electron chi connectivity index (χ0n) is 9.18. The summed E-state index contributed by atoms with van der Waals surface area (Å²) in [6.07, 6.45) is 3.84. The van der Waals surface area contributed by atoms with Gasteiger partial charge in [0, 0.05) is 12.0 Å². The summed E-state index contributed by atoms with van der Waals surface area (Å²) in [5.74, 6) is 0.204. The molecule has 1 aliphatic carbocycles. The Bertz CT molecular complexity index is 396. The van der Waals surface area contributed by atoms with Crippen LogP contribution < -0.4 is 5.73 Å². The molecular formula is C13H17NO. The lowest BCUT2D eigenvalue weighted by molar-refractivity contribution is 0.0984. The Labute approximate surface area is 90.5 Å². The maximum absolute atomic E-state index is 11.8. The smallest absolute Gasteiger partial charge is 0.164 e. The highest BCUT2D eigenvalue weighted by atomic mass is 16.1. The molecule has 0 atom stereocenters. The number of rotatable bonds is 3. The van der Waals surface area contributed by atoms with Crippen LogP contribution in [0, 0.1) is 6.92 Å². The molecule has 0 aliphatic heterocycles. The summed E-state index contributed by atoms with van der Waals surface area (Å²) in [4.78, 5) is 11.8. The SMILES string of the molecule is Cc1ccc(C(=O)CCN)c2c1CCC2. The summed E-state index contributed by atoms with van der Waals surface area (Å²) >= 11 is 0. The average Bonchev–Trinajstić information content (AvgIpc) is 2.68. The molecule has 2 heteroatoms. The standard InChI is InChI=1S/C13H17NO/c1-9-5-6-12(13(15)7-8-14)11-4-2-3-10(9)11/h5-6H,2-4,7-8,14H2,1H3. The number of fused-ring (bicyclic) bond motifs is 1. The number of aryl methyl sites for hydroxylation is 1. The molecule has 0 unspecified atom stereocenters. The van der Waals surface area contributed by atoms with Crippen LogP contribution in [0.3, 0.4) is 0 Å². The highest BCUT2D eigenvalue weighted by Crippen LogP contribution is 2.28. The van der Waals surface area contributed by atoms with Crippen molar-refractivity contribution in [3.05, 3.63) is 34.4 Å². The average molecular weight is 203 g/mol. The van der Waals surface area contributed by atoms with Gasteiger partial charge in [-0.3, -0.25) is 4.79 Å². The van der Waals surface area contributed by atoms with E-state index < -0.39 is 0 Å². The minimum atomic E-state index is 0.204. The third kappa shape index (κ3) is 1.82. The Balaban J connectivity index is 2.41. The minimum Gasteiger partial charge on any atom is -0.330 e. The van der Waals surface area contributed by atoms with Crippen LogP contribution in [0.1, 0.15) is 39.9 Å². The Morgan fingerprint density at radius 1 is 1.33 bits per heavy atom. The van der Waals surface area contributed by atoms with Gasteiger partial charge in [-0.2, -0.15) is 0 Å². The quantitative estimate of drug-likeness (QED) is 0.764. The first-order chi connectivity index (χ1) is 7.24. The number of Topliss-reactive ketones (excluding diaryl/α,β-unsaturated/α-hetero) is 1. The van der Waals surface area contributed by atoms with Crippen molar-refractivity contribution >= 4 is 5.78 Å². The molecule has 15 heavy (non-hydrogen) atoms. The highest BCUT2D eigenvalue weighted by molar-refractivity contribution is 5.98. The molecule has 0 spiro atoms. The molecule has 0 saturated heterocycles. The van der Waals surface area contributed by atoms with Crippen molar-refractivity contribution in [2.24, 2.45) is 5.73 Å². The van der Waals surface area contributed by atoms with Crippen molar-refractivity contribution in [2.75, 3.05) is 6.54 Å². The first-order valence-corrected chi connectivity index (χ1v) is 5.58. The fraction of sp³-hybridized carbons (Fsp3) is 0.462.